The molecule has 0 spiro atoms. The van der Waals surface area contributed by atoms with E-state index in [0.29, 0.717) is 17.0 Å². The molecule has 0 atom stereocenters. The van der Waals surface area contributed by atoms with E-state index in [-0.39, 0.29) is 27.7 Å². The average Bonchev–Trinajstić information content (AvgIpc) is 2.70. The third-order valence-corrected chi connectivity index (χ3v) is 6.45. The lowest BCUT2D eigenvalue weighted by atomic mass is 10.1. The number of benzene rings is 3. The molecule has 0 amide bonds. The van der Waals surface area contributed by atoms with E-state index in [1.165, 1.54) is 18.2 Å². The van der Waals surface area contributed by atoms with E-state index in [2.05, 4.69) is 4.99 Å². The lowest BCUT2D eigenvalue weighted by molar-refractivity contribution is 0.462. The molecule has 0 fully saturated rings. The Hall–Kier alpha value is -3.38. The van der Waals surface area contributed by atoms with Gasteiger partial charge < -0.3 is 13.5 Å². The molecule has 0 saturated carbocycles. The van der Waals surface area contributed by atoms with Crippen LogP contribution >= 0.6 is 0 Å². The normalized spacial score (nSPS) is 13.0. The van der Waals surface area contributed by atoms with Crippen molar-refractivity contribution in [3.8, 4) is 0 Å². The zero-order valence-corrected chi connectivity index (χ0v) is 17.9. The van der Waals surface area contributed by atoms with Crippen molar-refractivity contribution >= 4 is 53.4 Å². The molecular formula is C21H13NO8S2-2. The first-order chi connectivity index (χ1) is 14.9. The summed E-state index contributed by atoms with van der Waals surface area (Å²) in [5.41, 5.74) is 0.524. The topological polar surface area (TPSA) is 157 Å². The first-order valence-corrected chi connectivity index (χ1v) is 11.8. The molecule has 0 radical (unpaired) electrons. The van der Waals surface area contributed by atoms with Crippen LogP contribution in [-0.2, 0) is 20.2 Å². The number of para-hydroxylation sites is 1. The third kappa shape index (κ3) is 4.18. The van der Waals surface area contributed by atoms with Crippen LogP contribution in [0.1, 0.15) is 12.5 Å². The number of aliphatic imine (C=N–C) groups is 1. The van der Waals surface area contributed by atoms with Crippen LogP contribution in [0.3, 0.4) is 0 Å². The number of rotatable bonds is 4. The Morgan fingerprint density at radius 2 is 1.59 bits per heavy atom. The zero-order valence-electron chi connectivity index (χ0n) is 16.3. The molecule has 0 saturated heterocycles. The van der Waals surface area contributed by atoms with Crippen LogP contribution < -0.4 is 5.63 Å². The van der Waals surface area contributed by atoms with Gasteiger partial charge in [0.05, 0.1) is 26.8 Å². The predicted octanol–water partition coefficient (Wildman–Crippen LogP) is 2.90. The summed E-state index contributed by atoms with van der Waals surface area (Å²) in [6.45, 7) is 1.57. The van der Waals surface area contributed by atoms with Crippen molar-refractivity contribution in [2.75, 3.05) is 0 Å². The Kier molecular flexibility index (Phi) is 5.21. The number of hydrogen-bond acceptors (Lipinski definition) is 9. The zero-order chi connectivity index (χ0) is 23.3. The molecule has 32 heavy (non-hydrogen) atoms. The molecule has 3 aromatic carbocycles. The summed E-state index contributed by atoms with van der Waals surface area (Å²) < 4.78 is 74.3. The first kappa shape index (κ1) is 21.8. The highest BCUT2D eigenvalue weighted by Gasteiger charge is 2.14. The molecule has 0 aliphatic carbocycles. The summed E-state index contributed by atoms with van der Waals surface area (Å²) in [7, 11) is -10.1. The van der Waals surface area contributed by atoms with E-state index in [1.54, 1.807) is 37.3 Å². The molecule has 1 aromatic heterocycles. The maximum atomic E-state index is 12.3. The van der Waals surface area contributed by atoms with E-state index >= 15 is 0 Å². The van der Waals surface area contributed by atoms with Gasteiger partial charge in [0.25, 0.3) is 0 Å². The van der Waals surface area contributed by atoms with Gasteiger partial charge >= 0.3 is 5.63 Å². The molecule has 4 rings (SSSR count). The Bertz CT molecular complexity index is 1700. The highest BCUT2D eigenvalue weighted by Crippen LogP contribution is 2.30. The molecule has 164 valence electrons. The fourth-order valence-electron chi connectivity index (χ4n) is 3.28. The molecular weight excluding hydrogens is 458 g/mol. The van der Waals surface area contributed by atoms with Gasteiger partial charge in [-0.05, 0) is 54.1 Å². The minimum atomic E-state index is -5.06. The van der Waals surface area contributed by atoms with Crippen LogP contribution in [0.5, 0.6) is 0 Å². The summed E-state index contributed by atoms with van der Waals surface area (Å²) in [5, 5.41) is 0.635. The van der Waals surface area contributed by atoms with Crippen LogP contribution in [0.4, 0.5) is 5.69 Å². The summed E-state index contributed by atoms with van der Waals surface area (Å²) >= 11 is 0. The molecule has 0 N–H and O–H groups in total. The number of hydrogen-bond donors (Lipinski definition) is 0. The largest absolute Gasteiger partial charge is 0.744 e. The highest BCUT2D eigenvalue weighted by atomic mass is 32.2. The second kappa shape index (κ2) is 7.64. The van der Waals surface area contributed by atoms with Crippen LogP contribution in [0.2, 0.25) is 0 Å². The second-order valence-electron chi connectivity index (χ2n) is 6.92. The lowest BCUT2D eigenvalue weighted by Crippen LogP contribution is -2.11. The molecule has 0 aliphatic rings. The van der Waals surface area contributed by atoms with Crippen LogP contribution in [0, 0.1) is 0 Å². The monoisotopic (exact) mass is 471 g/mol. The smallest absolute Gasteiger partial charge is 0.345 e. The predicted molar refractivity (Wildman–Crippen MR) is 114 cm³/mol. The summed E-state index contributed by atoms with van der Waals surface area (Å²) in [6.07, 6.45) is 0. The fraction of sp³-hybridized carbons (Fsp3) is 0.0476. The third-order valence-electron chi connectivity index (χ3n) is 4.76. The Morgan fingerprint density at radius 3 is 2.28 bits per heavy atom. The Labute approximate surface area is 182 Å². The van der Waals surface area contributed by atoms with Crippen molar-refractivity contribution in [1.82, 2.24) is 0 Å². The number of fused-ring (bicyclic) bond motifs is 2. The molecule has 4 aromatic rings. The van der Waals surface area contributed by atoms with E-state index in [0.717, 1.165) is 6.07 Å². The van der Waals surface area contributed by atoms with Gasteiger partial charge in [-0.1, -0.05) is 24.3 Å². The SMILES string of the molecule is CC(=Nc1ccc2c(S(=O)(=O)[O-])cc(S(=O)(=O)[O-])cc2c1)c1cc2ccccc2oc1=O. The maximum Gasteiger partial charge on any atom is 0.345 e. The van der Waals surface area contributed by atoms with E-state index in [1.807, 2.05) is 0 Å². The van der Waals surface area contributed by atoms with Crippen LogP contribution in [-0.4, -0.2) is 31.7 Å². The lowest BCUT2D eigenvalue weighted by Gasteiger charge is -2.15. The minimum Gasteiger partial charge on any atom is -0.744 e. The van der Waals surface area contributed by atoms with E-state index in [4.69, 9.17) is 4.42 Å². The van der Waals surface area contributed by atoms with E-state index < -0.39 is 35.7 Å². The average molecular weight is 471 g/mol. The summed E-state index contributed by atoms with van der Waals surface area (Å²) in [4.78, 5) is 15.0. The molecule has 0 unspecified atom stereocenters. The Balaban J connectivity index is 1.90. The van der Waals surface area contributed by atoms with Crippen molar-refractivity contribution in [3.05, 3.63) is 76.6 Å². The van der Waals surface area contributed by atoms with E-state index in [9.17, 15) is 30.7 Å². The molecule has 0 aliphatic heterocycles. The molecule has 9 nitrogen and oxygen atoms in total. The van der Waals surface area contributed by atoms with Gasteiger partial charge in [-0.2, -0.15) is 0 Å². The molecule has 11 heteroatoms. The van der Waals surface area contributed by atoms with Gasteiger partial charge in [-0.15, -0.1) is 0 Å². The van der Waals surface area contributed by atoms with Gasteiger partial charge in [-0.25, -0.2) is 21.6 Å². The molecule has 0 bridgehead atoms. The fourth-order valence-corrected chi connectivity index (χ4v) is 4.62. The van der Waals surface area contributed by atoms with Crippen molar-refractivity contribution in [2.45, 2.75) is 16.7 Å². The molecule has 1 heterocycles. The van der Waals surface area contributed by atoms with Crippen molar-refractivity contribution < 1.29 is 30.4 Å². The standard InChI is InChI=1S/C21H15NO8S2/c1-12(18-10-13-4-2-3-5-19(13)30-21(18)23)22-15-6-7-17-14(8-15)9-16(31(24,25)26)11-20(17)32(27,28)29/h2-11H,1H3,(H,24,25,26)(H,27,28,29)/p-2. The minimum absolute atomic E-state index is 0.0101. The van der Waals surface area contributed by atoms with Gasteiger partial charge in [0.15, 0.2) is 0 Å². The quantitative estimate of drug-likeness (QED) is 0.250. The van der Waals surface area contributed by atoms with Gasteiger partial charge in [0.1, 0.15) is 25.8 Å². The second-order valence-corrected chi connectivity index (χ2v) is 9.65. The van der Waals surface area contributed by atoms with Crippen LogP contribution in [0.15, 0.2) is 84.7 Å². The van der Waals surface area contributed by atoms with Crippen molar-refractivity contribution in [1.29, 1.82) is 0 Å². The first-order valence-electron chi connectivity index (χ1n) is 9.02. The Morgan fingerprint density at radius 1 is 0.875 bits per heavy atom. The maximum absolute atomic E-state index is 12.3. The summed E-state index contributed by atoms with van der Waals surface area (Å²) in [5.74, 6) is 0. The highest BCUT2D eigenvalue weighted by molar-refractivity contribution is 7.86. The van der Waals surface area contributed by atoms with Crippen molar-refractivity contribution in [2.24, 2.45) is 4.99 Å². The van der Waals surface area contributed by atoms with Crippen LogP contribution in [0.25, 0.3) is 21.7 Å². The van der Waals surface area contributed by atoms with Crippen molar-refractivity contribution in [3.63, 3.8) is 0 Å². The van der Waals surface area contributed by atoms with Gasteiger partial charge in [0.2, 0.25) is 0 Å². The van der Waals surface area contributed by atoms with Gasteiger partial charge in [-0.3, -0.25) is 4.99 Å². The van der Waals surface area contributed by atoms with Gasteiger partial charge in [0, 0.05) is 5.39 Å². The summed E-state index contributed by atoms with van der Waals surface area (Å²) in [6, 6.07) is 14.0. The number of nitrogens with zero attached hydrogens (tertiary/aromatic N) is 1.